The van der Waals surface area contributed by atoms with Gasteiger partial charge >= 0.3 is 6.18 Å². The van der Waals surface area contributed by atoms with Crippen molar-refractivity contribution >= 4 is 12.0 Å². The second-order valence-electron chi connectivity index (χ2n) is 6.24. The van der Waals surface area contributed by atoms with E-state index in [1.807, 2.05) is 31.2 Å². The molecule has 0 saturated carbocycles. The Morgan fingerprint density at radius 2 is 1.93 bits per heavy atom. The molecule has 1 aromatic heterocycles. The number of carbonyl (C=O) groups excluding carboxylic acids is 1. The zero-order chi connectivity index (χ0) is 19.4. The summed E-state index contributed by atoms with van der Waals surface area (Å²) in [5.41, 5.74) is 3.08. The fourth-order valence-electron chi connectivity index (χ4n) is 2.72. The van der Waals surface area contributed by atoms with Crippen molar-refractivity contribution in [2.75, 3.05) is 5.32 Å². The van der Waals surface area contributed by atoms with Crippen LogP contribution in [0.5, 0.6) is 0 Å². The van der Waals surface area contributed by atoms with Crippen LogP contribution in [0.2, 0.25) is 0 Å². The molecule has 1 atom stereocenters. The summed E-state index contributed by atoms with van der Waals surface area (Å²) < 4.78 is 38.1. The molecule has 4 nitrogen and oxygen atoms in total. The van der Waals surface area contributed by atoms with Crippen molar-refractivity contribution in [3.8, 4) is 11.3 Å². The molecule has 27 heavy (non-hydrogen) atoms. The number of hydrogen-bond donors (Lipinski definition) is 2. The summed E-state index contributed by atoms with van der Waals surface area (Å²) in [6.07, 6.45) is -1.77. The Morgan fingerprint density at radius 1 is 1.19 bits per heavy atom. The maximum Gasteiger partial charge on any atom is 0.416 e. The smallest absolute Gasteiger partial charge is 0.381 e. The predicted octanol–water partition coefficient (Wildman–Crippen LogP) is 5.01. The first-order valence-corrected chi connectivity index (χ1v) is 8.38. The number of aromatic nitrogens is 2. The van der Waals surface area contributed by atoms with Gasteiger partial charge in [0, 0.05) is 35.5 Å². The van der Waals surface area contributed by atoms with E-state index in [4.69, 9.17) is 0 Å². The molecule has 2 N–H and O–H groups in total. The number of rotatable bonds is 6. The van der Waals surface area contributed by atoms with Crippen LogP contribution in [0.15, 0.2) is 54.7 Å². The van der Waals surface area contributed by atoms with E-state index >= 15 is 0 Å². The van der Waals surface area contributed by atoms with Gasteiger partial charge in [-0.05, 0) is 29.8 Å². The Balaban J connectivity index is 1.75. The third kappa shape index (κ3) is 4.36. The van der Waals surface area contributed by atoms with Gasteiger partial charge in [-0.3, -0.25) is 5.10 Å². The number of H-pyrrole nitrogens is 1. The molecule has 3 rings (SSSR count). The molecule has 0 saturated heterocycles. The highest BCUT2D eigenvalue weighted by Crippen LogP contribution is 2.31. The van der Waals surface area contributed by atoms with Crippen LogP contribution in [0.3, 0.4) is 0 Å². The Labute approximate surface area is 154 Å². The van der Waals surface area contributed by atoms with Gasteiger partial charge in [0.2, 0.25) is 0 Å². The lowest BCUT2D eigenvalue weighted by Crippen LogP contribution is -2.04. The highest BCUT2D eigenvalue weighted by molar-refractivity contribution is 5.65. The lowest BCUT2D eigenvalue weighted by molar-refractivity contribution is -0.137. The summed E-state index contributed by atoms with van der Waals surface area (Å²) in [6, 6.07) is 12.5. The molecule has 0 spiro atoms. The van der Waals surface area contributed by atoms with Gasteiger partial charge in [-0.1, -0.05) is 31.2 Å². The quantitative estimate of drug-likeness (QED) is 0.597. The molecule has 0 amide bonds. The number of nitrogens with one attached hydrogen (secondary N) is 2. The zero-order valence-electron chi connectivity index (χ0n) is 14.5. The molecule has 1 heterocycles. The van der Waals surface area contributed by atoms with Crippen molar-refractivity contribution in [3.05, 3.63) is 71.4 Å². The number of anilines is 1. The molecule has 0 aliphatic rings. The molecular formula is C20H18F3N3O. The number of aromatic amines is 1. The van der Waals surface area contributed by atoms with Gasteiger partial charge in [-0.15, -0.1) is 0 Å². The maximum absolute atomic E-state index is 12.7. The van der Waals surface area contributed by atoms with E-state index in [2.05, 4.69) is 15.5 Å². The Hall–Kier alpha value is -3.09. The van der Waals surface area contributed by atoms with Crippen molar-refractivity contribution in [3.63, 3.8) is 0 Å². The number of halogens is 3. The average Bonchev–Trinajstić information content (AvgIpc) is 3.14. The van der Waals surface area contributed by atoms with E-state index in [0.717, 1.165) is 35.2 Å². The highest BCUT2D eigenvalue weighted by atomic mass is 19.4. The normalized spacial score (nSPS) is 12.6. The van der Waals surface area contributed by atoms with Gasteiger partial charge in [0.05, 0.1) is 11.3 Å². The second kappa shape index (κ2) is 7.65. The molecule has 1 unspecified atom stereocenters. The molecule has 0 radical (unpaired) electrons. The second-order valence-corrected chi connectivity index (χ2v) is 6.24. The van der Waals surface area contributed by atoms with E-state index in [1.54, 1.807) is 6.20 Å². The van der Waals surface area contributed by atoms with Gasteiger partial charge in [0.1, 0.15) is 6.29 Å². The van der Waals surface area contributed by atoms with E-state index in [-0.39, 0.29) is 5.92 Å². The monoisotopic (exact) mass is 373 g/mol. The van der Waals surface area contributed by atoms with E-state index in [9.17, 15) is 18.0 Å². The number of hydrogen-bond acceptors (Lipinski definition) is 3. The minimum atomic E-state index is -4.36. The van der Waals surface area contributed by atoms with Crippen molar-refractivity contribution < 1.29 is 18.0 Å². The van der Waals surface area contributed by atoms with Crippen LogP contribution < -0.4 is 5.32 Å². The van der Waals surface area contributed by atoms with Crippen molar-refractivity contribution in [1.29, 1.82) is 0 Å². The Kier molecular flexibility index (Phi) is 5.30. The summed E-state index contributed by atoms with van der Waals surface area (Å²) in [6.45, 7) is 2.26. The first kappa shape index (κ1) is 18.7. The van der Waals surface area contributed by atoms with E-state index in [1.165, 1.54) is 12.1 Å². The first-order chi connectivity index (χ1) is 12.9. The van der Waals surface area contributed by atoms with Crippen LogP contribution in [0.1, 0.15) is 29.5 Å². The number of aldehydes is 1. The Bertz CT molecular complexity index is 917. The molecule has 0 bridgehead atoms. The molecule has 0 fully saturated rings. The Morgan fingerprint density at radius 3 is 2.59 bits per heavy atom. The minimum absolute atomic E-state index is 0.191. The van der Waals surface area contributed by atoms with E-state index < -0.39 is 11.7 Å². The predicted molar refractivity (Wildman–Crippen MR) is 97.3 cm³/mol. The van der Waals surface area contributed by atoms with Crippen molar-refractivity contribution in [1.82, 2.24) is 10.2 Å². The zero-order valence-corrected chi connectivity index (χ0v) is 14.5. The maximum atomic E-state index is 12.7. The van der Waals surface area contributed by atoms with E-state index in [0.29, 0.717) is 17.8 Å². The summed E-state index contributed by atoms with van der Waals surface area (Å²) in [7, 11) is 0. The summed E-state index contributed by atoms with van der Waals surface area (Å²) in [4.78, 5) is 10.9. The van der Waals surface area contributed by atoms with Gasteiger partial charge < -0.3 is 10.1 Å². The van der Waals surface area contributed by atoms with Crippen LogP contribution in [0, 0.1) is 0 Å². The molecular weight excluding hydrogens is 355 g/mol. The van der Waals surface area contributed by atoms with Crippen LogP contribution in [-0.2, 0) is 17.5 Å². The van der Waals surface area contributed by atoms with Gasteiger partial charge in [-0.2, -0.15) is 18.3 Å². The van der Waals surface area contributed by atoms with Crippen LogP contribution in [0.25, 0.3) is 11.3 Å². The van der Waals surface area contributed by atoms with Crippen molar-refractivity contribution in [2.45, 2.75) is 25.6 Å². The van der Waals surface area contributed by atoms with Crippen molar-refractivity contribution in [2.24, 2.45) is 0 Å². The number of benzene rings is 2. The fourth-order valence-corrected chi connectivity index (χ4v) is 2.72. The fraction of sp³-hybridized carbons (Fsp3) is 0.200. The third-order valence-corrected chi connectivity index (χ3v) is 4.30. The molecule has 140 valence electrons. The van der Waals surface area contributed by atoms with Crippen LogP contribution >= 0.6 is 0 Å². The summed E-state index contributed by atoms with van der Waals surface area (Å²) in [5, 5.41) is 10.2. The van der Waals surface area contributed by atoms with Gasteiger partial charge in [-0.25, -0.2) is 0 Å². The largest absolute Gasteiger partial charge is 0.416 e. The molecule has 2 aromatic carbocycles. The number of carbonyl (C=O) groups is 1. The topological polar surface area (TPSA) is 57.8 Å². The standard InChI is InChI=1S/C20H18F3N3O/c1-13(12-27)15-3-2-4-18(9-15)24-10-16-11-25-26-19(16)14-5-7-17(8-6-14)20(21,22)23/h2-9,11-13,24H,10H2,1H3,(H,25,26). The summed E-state index contributed by atoms with van der Waals surface area (Å²) in [5.74, 6) is -0.191. The molecule has 7 heteroatoms. The van der Waals surface area contributed by atoms with Gasteiger partial charge in [0.25, 0.3) is 0 Å². The lowest BCUT2D eigenvalue weighted by atomic mass is 10.0. The summed E-state index contributed by atoms with van der Waals surface area (Å²) >= 11 is 0. The number of nitrogens with zero attached hydrogens (tertiary/aromatic N) is 1. The molecule has 0 aliphatic heterocycles. The lowest BCUT2D eigenvalue weighted by Gasteiger charge is -2.10. The van der Waals surface area contributed by atoms with Crippen LogP contribution in [0.4, 0.5) is 18.9 Å². The molecule has 0 aliphatic carbocycles. The number of alkyl halides is 3. The third-order valence-electron chi connectivity index (χ3n) is 4.30. The highest BCUT2D eigenvalue weighted by Gasteiger charge is 2.30. The van der Waals surface area contributed by atoms with Gasteiger partial charge in [0.15, 0.2) is 0 Å². The molecule has 3 aromatic rings. The first-order valence-electron chi connectivity index (χ1n) is 8.38. The minimum Gasteiger partial charge on any atom is -0.381 e. The van der Waals surface area contributed by atoms with Crippen LogP contribution in [-0.4, -0.2) is 16.5 Å². The SMILES string of the molecule is CC(C=O)c1cccc(NCc2c[nH]nc2-c2ccc(C(F)(F)F)cc2)c1. The average molecular weight is 373 g/mol.